The highest BCUT2D eigenvalue weighted by atomic mass is 16.1. The monoisotopic (exact) mass is 418 g/mol. The second-order valence-corrected chi connectivity index (χ2v) is 9.33. The molecule has 5 heteroatoms. The van der Waals surface area contributed by atoms with Gasteiger partial charge in [0.15, 0.2) is 0 Å². The van der Waals surface area contributed by atoms with Crippen LogP contribution in [0.1, 0.15) is 44.6 Å². The molecule has 3 N–H and O–H groups in total. The molecule has 1 amide bonds. The van der Waals surface area contributed by atoms with Gasteiger partial charge in [-0.3, -0.25) is 9.69 Å². The third-order valence-corrected chi connectivity index (χ3v) is 7.40. The summed E-state index contributed by atoms with van der Waals surface area (Å²) in [4.78, 5) is 17.9. The zero-order valence-electron chi connectivity index (χ0n) is 18.8. The number of benzene rings is 1. The Labute approximate surface area is 185 Å². The number of aryl methyl sites for hydroxylation is 1. The molecule has 0 aromatic heterocycles. The lowest BCUT2D eigenvalue weighted by molar-refractivity contribution is -0.114. The fraction of sp³-hybridized carbons (Fsp3) is 0.500. The standard InChI is InChI=1S/C26H34N4O/c1-3-4-8-21-24(25(27)31)22-18-10-11-19(16-18)23(22)26(29-14-12-28-13-15-29)30(21)20-9-6-5-7-17(20)2/h5-9,18-19,28H,3-4,10-16H2,1-2H3,(H2,27,31)/b21-8+. The Morgan fingerprint density at radius 2 is 1.87 bits per heavy atom. The molecule has 0 spiro atoms. The molecular formula is C26H34N4O. The van der Waals surface area contributed by atoms with Crippen LogP contribution in [0.15, 0.2) is 58.6 Å². The number of allylic oxidation sites excluding steroid dienone is 3. The van der Waals surface area contributed by atoms with Crippen LogP contribution in [-0.4, -0.2) is 37.0 Å². The first-order valence-corrected chi connectivity index (χ1v) is 11.9. The number of hydrogen-bond donors (Lipinski definition) is 2. The van der Waals surface area contributed by atoms with Gasteiger partial charge in [-0.1, -0.05) is 37.6 Å². The summed E-state index contributed by atoms with van der Waals surface area (Å²) in [6.07, 6.45) is 7.80. The van der Waals surface area contributed by atoms with Gasteiger partial charge in [-0.25, -0.2) is 0 Å². The first kappa shape index (κ1) is 20.4. The quantitative estimate of drug-likeness (QED) is 0.763. The first-order valence-electron chi connectivity index (χ1n) is 11.9. The Morgan fingerprint density at radius 1 is 1.16 bits per heavy atom. The molecule has 2 unspecified atom stereocenters. The number of fused-ring (bicyclic) bond motifs is 5. The Kier molecular flexibility index (Phi) is 5.39. The van der Waals surface area contributed by atoms with E-state index in [2.05, 4.69) is 59.3 Å². The highest BCUT2D eigenvalue weighted by Gasteiger charge is 2.49. The number of nitrogens with zero attached hydrogens (tertiary/aromatic N) is 2. The second kappa shape index (κ2) is 8.19. The average molecular weight is 419 g/mol. The van der Waals surface area contributed by atoms with Crippen LogP contribution in [0.5, 0.6) is 0 Å². The molecule has 2 bridgehead atoms. The molecule has 2 heterocycles. The van der Waals surface area contributed by atoms with E-state index in [-0.39, 0.29) is 5.91 Å². The van der Waals surface area contributed by atoms with Gasteiger partial charge in [-0.2, -0.15) is 0 Å². The largest absolute Gasteiger partial charge is 0.366 e. The molecule has 1 saturated heterocycles. The number of primary amides is 1. The van der Waals surface area contributed by atoms with Crippen LogP contribution in [0, 0.1) is 18.8 Å². The van der Waals surface area contributed by atoms with E-state index >= 15 is 0 Å². The van der Waals surface area contributed by atoms with Gasteiger partial charge < -0.3 is 16.0 Å². The predicted octanol–water partition coefficient (Wildman–Crippen LogP) is 3.83. The van der Waals surface area contributed by atoms with E-state index in [0.717, 1.165) is 56.0 Å². The number of nitrogens with one attached hydrogen (secondary N) is 1. The van der Waals surface area contributed by atoms with Crippen molar-refractivity contribution in [1.82, 2.24) is 10.2 Å². The van der Waals surface area contributed by atoms with Crippen molar-refractivity contribution >= 4 is 11.6 Å². The topological polar surface area (TPSA) is 61.6 Å². The molecular weight excluding hydrogens is 384 g/mol. The normalized spacial score (nSPS) is 26.8. The molecule has 5 nitrogen and oxygen atoms in total. The van der Waals surface area contributed by atoms with E-state index in [1.165, 1.54) is 41.8 Å². The number of piperazine rings is 1. The smallest absolute Gasteiger partial charge is 0.251 e. The summed E-state index contributed by atoms with van der Waals surface area (Å²) in [6, 6.07) is 8.54. The summed E-state index contributed by atoms with van der Waals surface area (Å²) < 4.78 is 0. The number of carbonyl (C=O) groups excluding carboxylic acids is 1. The van der Waals surface area contributed by atoms with Crippen molar-refractivity contribution in [3.63, 3.8) is 0 Å². The van der Waals surface area contributed by atoms with Crippen LogP contribution in [0.4, 0.5) is 5.69 Å². The maximum atomic E-state index is 12.9. The van der Waals surface area contributed by atoms with E-state index in [1.807, 2.05) is 0 Å². The van der Waals surface area contributed by atoms with Crippen LogP contribution in [0.2, 0.25) is 0 Å². The average Bonchev–Trinajstić information content (AvgIpc) is 3.40. The van der Waals surface area contributed by atoms with Crippen molar-refractivity contribution in [3.8, 4) is 0 Å². The third-order valence-electron chi connectivity index (χ3n) is 7.40. The Balaban J connectivity index is 1.80. The van der Waals surface area contributed by atoms with Crippen LogP contribution >= 0.6 is 0 Å². The number of amides is 1. The maximum absolute atomic E-state index is 12.9. The number of hydrogen-bond acceptors (Lipinski definition) is 4. The van der Waals surface area contributed by atoms with Crippen molar-refractivity contribution < 1.29 is 4.79 Å². The van der Waals surface area contributed by atoms with E-state index < -0.39 is 0 Å². The fourth-order valence-electron chi connectivity index (χ4n) is 6.05. The lowest BCUT2D eigenvalue weighted by Gasteiger charge is -2.45. The molecule has 0 radical (unpaired) electrons. The minimum Gasteiger partial charge on any atom is -0.366 e. The minimum atomic E-state index is -0.277. The van der Waals surface area contributed by atoms with Crippen LogP contribution in [0.25, 0.3) is 0 Å². The molecule has 2 aliphatic heterocycles. The van der Waals surface area contributed by atoms with E-state index in [1.54, 1.807) is 0 Å². The molecule has 1 aromatic carbocycles. The molecule has 1 aromatic rings. The van der Waals surface area contributed by atoms with Crippen molar-refractivity contribution in [1.29, 1.82) is 0 Å². The number of unbranched alkanes of at least 4 members (excludes halogenated alkanes) is 1. The maximum Gasteiger partial charge on any atom is 0.251 e. The molecule has 2 atom stereocenters. The van der Waals surface area contributed by atoms with Gasteiger partial charge in [0.05, 0.1) is 17.0 Å². The fourth-order valence-corrected chi connectivity index (χ4v) is 6.05. The van der Waals surface area contributed by atoms with Gasteiger partial charge in [-0.05, 0) is 61.6 Å². The molecule has 5 rings (SSSR count). The first-order chi connectivity index (χ1) is 15.1. The predicted molar refractivity (Wildman–Crippen MR) is 125 cm³/mol. The van der Waals surface area contributed by atoms with Crippen molar-refractivity contribution in [2.75, 3.05) is 31.1 Å². The second-order valence-electron chi connectivity index (χ2n) is 9.33. The number of rotatable bonds is 5. The van der Waals surface area contributed by atoms with Gasteiger partial charge in [0.2, 0.25) is 0 Å². The highest BCUT2D eigenvalue weighted by Crippen LogP contribution is 2.58. The van der Waals surface area contributed by atoms with Gasteiger partial charge in [-0.15, -0.1) is 0 Å². The molecule has 3 fully saturated rings. The third kappa shape index (κ3) is 3.30. The molecule has 2 aliphatic carbocycles. The Bertz CT molecular complexity index is 983. The molecule has 164 valence electrons. The molecule has 4 aliphatic rings. The van der Waals surface area contributed by atoms with Crippen LogP contribution in [0.3, 0.4) is 0 Å². The summed E-state index contributed by atoms with van der Waals surface area (Å²) in [5.74, 6) is 2.05. The van der Waals surface area contributed by atoms with Gasteiger partial charge in [0, 0.05) is 31.8 Å². The van der Waals surface area contributed by atoms with Crippen molar-refractivity contribution in [3.05, 3.63) is 64.1 Å². The molecule has 2 saturated carbocycles. The summed E-state index contributed by atoms with van der Waals surface area (Å²) >= 11 is 0. The number of para-hydroxylation sites is 1. The highest BCUT2D eigenvalue weighted by molar-refractivity contribution is 6.01. The van der Waals surface area contributed by atoms with Gasteiger partial charge in [0.1, 0.15) is 5.82 Å². The lowest BCUT2D eigenvalue weighted by atomic mass is 9.81. The Hall–Kier alpha value is -2.53. The summed E-state index contributed by atoms with van der Waals surface area (Å²) in [6.45, 7) is 8.30. The summed E-state index contributed by atoms with van der Waals surface area (Å²) in [5.41, 5.74) is 12.9. The Morgan fingerprint density at radius 3 is 2.55 bits per heavy atom. The SMILES string of the molecule is CCC/C=C1\C(C(N)=O)=C2C(=C(N3CCNCC3)N1c1ccccc1C)C1CCC2C1. The van der Waals surface area contributed by atoms with Gasteiger partial charge >= 0.3 is 0 Å². The van der Waals surface area contributed by atoms with Gasteiger partial charge in [0.25, 0.3) is 5.91 Å². The van der Waals surface area contributed by atoms with Crippen molar-refractivity contribution in [2.45, 2.75) is 46.0 Å². The number of nitrogens with two attached hydrogens (primary N) is 1. The summed E-state index contributed by atoms with van der Waals surface area (Å²) in [5, 5.41) is 3.50. The number of carbonyl (C=O) groups is 1. The lowest BCUT2D eigenvalue weighted by Crippen LogP contribution is -2.49. The van der Waals surface area contributed by atoms with Crippen molar-refractivity contribution in [2.24, 2.45) is 17.6 Å². The van der Waals surface area contributed by atoms with E-state index in [4.69, 9.17) is 5.73 Å². The number of anilines is 1. The van der Waals surface area contributed by atoms with Crippen LogP contribution < -0.4 is 16.0 Å². The van der Waals surface area contributed by atoms with Crippen LogP contribution in [-0.2, 0) is 4.79 Å². The molecule has 31 heavy (non-hydrogen) atoms. The van der Waals surface area contributed by atoms with E-state index in [9.17, 15) is 4.79 Å². The minimum absolute atomic E-state index is 0.277. The zero-order valence-corrected chi connectivity index (χ0v) is 18.8. The van der Waals surface area contributed by atoms with E-state index in [0.29, 0.717) is 11.8 Å². The summed E-state index contributed by atoms with van der Waals surface area (Å²) in [7, 11) is 0. The zero-order chi connectivity index (χ0) is 21.5.